The van der Waals surface area contributed by atoms with Gasteiger partial charge >= 0.3 is 6.09 Å². The molecule has 0 spiro atoms. The van der Waals surface area contributed by atoms with Crippen LogP contribution in [0, 0.1) is 0 Å². The third-order valence-corrected chi connectivity index (χ3v) is 5.14. The minimum Gasteiger partial charge on any atom is -0.450 e. The number of amides is 2. The van der Waals surface area contributed by atoms with E-state index in [0.29, 0.717) is 25.6 Å². The molecule has 2 fully saturated rings. The number of carbonyl (C=O) groups excluding carboxylic acids is 2. The molecule has 8 heteroatoms. The van der Waals surface area contributed by atoms with Crippen LogP contribution in [0.4, 0.5) is 4.79 Å². The Balaban J connectivity index is 1.47. The van der Waals surface area contributed by atoms with E-state index in [2.05, 4.69) is 15.7 Å². The number of hydrogen-bond acceptors (Lipinski definition) is 5. The van der Waals surface area contributed by atoms with Crippen molar-refractivity contribution in [3.8, 4) is 0 Å². The van der Waals surface area contributed by atoms with Crippen LogP contribution in [0.1, 0.15) is 44.2 Å². The summed E-state index contributed by atoms with van der Waals surface area (Å²) in [5.41, 5.74) is 1.13. The first kappa shape index (κ1) is 18.7. The molecule has 144 valence electrons. The molecule has 2 aliphatic heterocycles. The standard InChI is InChI=1S/C18H29N5O3/c1-2-26-18(25)22-10-6-15(7-11-22)21-17(24)13-23-16(5-9-20-23)14-4-3-8-19-12-14/h5,9,14-15,19H,2-4,6-8,10-13H2,1H3,(H,21,24). The summed E-state index contributed by atoms with van der Waals surface area (Å²) in [5.74, 6) is 0.403. The SMILES string of the molecule is CCOC(=O)N1CCC(NC(=O)Cn2nccc2C2CCCNC2)CC1. The summed E-state index contributed by atoms with van der Waals surface area (Å²) in [4.78, 5) is 25.9. The Labute approximate surface area is 154 Å². The maximum Gasteiger partial charge on any atom is 0.409 e. The van der Waals surface area contributed by atoms with Gasteiger partial charge in [0.15, 0.2) is 0 Å². The Morgan fingerprint density at radius 3 is 2.85 bits per heavy atom. The van der Waals surface area contributed by atoms with Gasteiger partial charge in [-0.1, -0.05) is 0 Å². The predicted molar refractivity (Wildman–Crippen MR) is 96.8 cm³/mol. The van der Waals surface area contributed by atoms with Crippen LogP contribution in [0.3, 0.4) is 0 Å². The zero-order chi connectivity index (χ0) is 18.4. The molecular weight excluding hydrogens is 334 g/mol. The first-order valence-corrected chi connectivity index (χ1v) is 9.61. The highest BCUT2D eigenvalue weighted by molar-refractivity contribution is 5.76. The van der Waals surface area contributed by atoms with Gasteiger partial charge in [0.1, 0.15) is 6.54 Å². The molecule has 3 rings (SSSR count). The number of ether oxygens (including phenoxy) is 1. The molecular formula is C18H29N5O3. The molecule has 26 heavy (non-hydrogen) atoms. The molecule has 1 aromatic rings. The normalized spacial score (nSPS) is 21.4. The average Bonchev–Trinajstić information content (AvgIpc) is 3.11. The average molecular weight is 363 g/mol. The fourth-order valence-electron chi connectivity index (χ4n) is 3.76. The Morgan fingerprint density at radius 2 is 2.15 bits per heavy atom. The van der Waals surface area contributed by atoms with E-state index < -0.39 is 0 Å². The minimum atomic E-state index is -0.264. The Hall–Kier alpha value is -2.09. The summed E-state index contributed by atoms with van der Waals surface area (Å²) in [6.07, 6.45) is 5.30. The van der Waals surface area contributed by atoms with Crippen LogP contribution in [-0.2, 0) is 16.1 Å². The first-order chi connectivity index (χ1) is 12.7. The van der Waals surface area contributed by atoms with Crippen LogP contribution < -0.4 is 10.6 Å². The smallest absolute Gasteiger partial charge is 0.409 e. The fraction of sp³-hybridized carbons (Fsp3) is 0.722. The Kier molecular flexibility index (Phi) is 6.49. The lowest BCUT2D eigenvalue weighted by Crippen LogP contribution is -2.47. The second-order valence-electron chi connectivity index (χ2n) is 6.98. The quantitative estimate of drug-likeness (QED) is 0.817. The summed E-state index contributed by atoms with van der Waals surface area (Å²) in [5, 5.41) is 10.8. The lowest BCUT2D eigenvalue weighted by molar-refractivity contribution is -0.122. The molecule has 0 aliphatic carbocycles. The van der Waals surface area contributed by atoms with Gasteiger partial charge in [0, 0.05) is 43.5 Å². The third kappa shape index (κ3) is 4.75. The number of nitrogens with zero attached hydrogens (tertiary/aromatic N) is 3. The number of piperidine rings is 2. The van der Waals surface area contributed by atoms with E-state index in [4.69, 9.17) is 4.74 Å². The fourth-order valence-corrected chi connectivity index (χ4v) is 3.76. The number of likely N-dealkylation sites (tertiary alicyclic amines) is 1. The molecule has 0 radical (unpaired) electrons. The topological polar surface area (TPSA) is 88.5 Å². The van der Waals surface area contributed by atoms with Crippen molar-refractivity contribution in [1.82, 2.24) is 25.3 Å². The molecule has 1 aromatic heterocycles. The Bertz CT molecular complexity index is 604. The molecule has 8 nitrogen and oxygen atoms in total. The highest BCUT2D eigenvalue weighted by atomic mass is 16.6. The number of aromatic nitrogens is 2. The monoisotopic (exact) mass is 363 g/mol. The first-order valence-electron chi connectivity index (χ1n) is 9.61. The van der Waals surface area contributed by atoms with Crippen molar-refractivity contribution >= 4 is 12.0 Å². The van der Waals surface area contributed by atoms with Crippen molar-refractivity contribution in [1.29, 1.82) is 0 Å². The van der Waals surface area contributed by atoms with Crippen LogP contribution >= 0.6 is 0 Å². The van der Waals surface area contributed by atoms with Crippen molar-refractivity contribution in [2.24, 2.45) is 0 Å². The van der Waals surface area contributed by atoms with Crippen LogP contribution in [0.25, 0.3) is 0 Å². The number of carbonyl (C=O) groups is 2. The van der Waals surface area contributed by atoms with Crippen LogP contribution in [0.5, 0.6) is 0 Å². The summed E-state index contributed by atoms with van der Waals surface area (Å²) >= 11 is 0. The second-order valence-corrected chi connectivity index (χ2v) is 6.98. The maximum absolute atomic E-state index is 12.4. The van der Waals surface area contributed by atoms with Gasteiger partial charge in [-0.05, 0) is 45.2 Å². The van der Waals surface area contributed by atoms with Crippen molar-refractivity contribution in [3.05, 3.63) is 18.0 Å². The van der Waals surface area contributed by atoms with E-state index in [0.717, 1.165) is 44.5 Å². The molecule has 2 amide bonds. The zero-order valence-electron chi connectivity index (χ0n) is 15.4. The van der Waals surface area contributed by atoms with Crippen LogP contribution in [0.2, 0.25) is 0 Å². The van der Waals surface area contributed by atoms with Crippen molar-refractivity contribution < 1.29 is 14.3 Å². The van der Waals surface area contributed by atoms with Crippen molar-refractivity contribution in [3.63, 3.8) is 0 Å². The Morgan fingerprint density at radius 1 is 1.35 bits per heavy atom. The lowest BCUT2D eigenvalue weighted by Gasteiger charge is -2.31. The highest BCUT2D eigenvalue weighted by Gasteiger charge is 2.25. The van der Waals surface area contributed by atoms with Gasteiger partial charge < -0.3 is 20.3 Å². The minimum absolute atomic E-state index is 0.0201. The number of nitrogens with one attached hydrogen (secondary N) is 2. The van der Waals surface area contributed by atoms with Gasteiger partial charge in [-0.25, -0.2) is 4.79 Å². The van der Waals surface area contributed by atoms with Crippen molar-refractivity contribution in [2.75, 3.05) is 32.8 Å². The number of rotatable bonds is 5. The molecule has 1 unspecified atom stereocenters. The van der Waals surface area contributed by atoms with E-state index in [1.54, 1.807) is 18.0 Å². The van der Waals surface area contributed by atoms with E-state index in [1.807, 2.05) is 10.7 Å². The predicted octanol–water partition coefficient (Wildman–Crippen LogP) is 1.09. The summed E-state index contributed by atoms with van der Waals surface area (Å²) in [6.45, 7) is 5.68. The summed E-state index contributed by atoms with van der Waals surface area (Å²) in [6, 6.07) is 2.12. The van der Waals surface area contributed by atoms with Gasteiger partial charge in [-0.3, -0.25) is 9.48 Å². The molecule has 2 aliphatic rings. The van der Waals surface area contributed by atoms with Gasteiger partial charge in [-0.15, -0.1) is 0 Å². The van der Waals surface area contributed by atoms with Crippen molar-refractivity contribution in [2.45, 2.75) is 51.1 Å². The van der Waals surface area contributed by atoms with Gasteiger partial charge in [0.05, 0.1) is 6.61 Å². The van der Waals surface area contributed by atoms with E-state index in [9.17, 15) is 9.59 Å². The highest BCUT2D eigenvalue weighted by Crippen LogP contribution is 2.22. The number of hydrogen-bond donors (Lipinski definition) is 2. The van der Waals surface area contributed by atoms with E-state index in [-0.39, 0.29) is 24.6 Å². The molecule has 0 bridgehead atoms. The van der Waals surface area contributed by atoms with E-state index in [1.165, 1.54) is 0 Å². The maximum atomic E-state index is 12.4. The largest absolute Gasteiger partial charge is 0.450 e. The van der Waals surface area contributed by atoms with Gasteiger partial charge in [0.25, 0.3) is 0 Å². The van der Waals surface area contributed by atoms with E-state index >= 15 is 0 Å². The zero-order valence-corrected chi connectivity index (χ0v) is 15.4. The van der Waals surface area contributed by atoms with Crippen LogP contribution in [0.15, 0.2) is 12.3 Å². The lowest BCUT2D eigenvalue weighted by atomic mass is 9.96. The molecule has 0 aromatic carbocycles. The summed E-state index contributed by atoms with van der Waals surface area (Å²) < 4.78 is 6.84. The molecule has 1 atom stereocenters. The molecule has 3 heterocycles. The molecule has 0 saturated carbocycles. The van der Waals surface area contributed by atoms with Gasteiger partial charge in [-0.2, -0.15) is 5.10 Å². The molecule has 2 N–H and O–H groups in total. The third-order valence-electron chi connectivity index (χ3n) is 5.14. The molecule has 2 saturated heterocycles. The van der Waals surface area contributed by atoms with Gasteiger partial charge in [0.2, 0.25) is 5.91 Å². The van der Waals surface area contributed by atoms with Crippen LogP contribution in [-0.4, -0.2) is 65.5 Å². The summed E-state index contributed by atoms with van der Waals surface area (Å²) in [7, 11) is 0. The second kappa shape index (κ2) is 9.02.